The molecule has 0 saturated carbocycles. The van der Waals surface area contributed by atoms with Crippen LogP contribution < -0.4 is 4.90 Å². The van der Waals surface area contributed by atoms with E-state index in [4.69, 9.17) is 0 Å². The van der Waals surface area contributed by atoms with Crippen molar-refractivity contribution in [2.45, 2.75) is 13.0 Å². The third-order valence-corrected chi connectivity index (χ3v) is 5.90. The van der Waals surface area contributed by atoms with Gasteiger partial charge in [0.1, 0.15) is 11.6 Å². The monoisotopic (exact) mass is 438 g/mol. The van der Waals surface area contributed by atoms with Crippen LogP contribution in [0.25, 0.3) is 16.5 Å². The van der Waals surface area contributed by atoms with Crippen molar-refractivity contribution in [3.8, 4) is 0 Å². The van der Waals surface area contributed by atoms with Gasteiger partial charge in [0.25, 0.3) is 11.7 Å². The van der Waals surface area contributed by atoms with Gasteiger partial charge in [-0.15, -0.1) is 0 Å². The van der Waals surface area contributed by atoms with Gasteiger partial charge in [-0.25, -0.2) is 4.39 Å². The molecule has 1 atom stereocenters. The van der Waals surface area contributed by atoms with Crippen LogP contribution >= 0.6 is 0 Å². The van der Waals surface area contributed by atoms with Crippen molar-refractivity contribution >= 4 is 33.9 Å². The third kappa shape index (κ3) is 3.36. The fourth-order valence-electron chi connectivity index (χ4n) is 4.30. The van der Waals surface area contributed by atoms with Crippen molar-refractivity contribution in [2.75, 3.05) is 4.90 Å². The first kappa shape index (κ1) is 20.6. The summed E-state index contributed by atoms with van der Waals surface area (Å²) < 4.78 is 13.8. The highest BCUT2D eigenvalue weighted by Crippen LogP contribution is 2.44. The van der Waals surface area contributed by atoms with Crippen molar-refractivity contribution in [3.05, 3.63) is 113 Å². The van der Waals surface area contributed by atoms with Crippen molar-refractivity contribution in [1.29, 1.82) is 0 Å². The van der Waals surface area contributed by atoms with E-state index in [1.807, 2.05) is 36.4 Å². The maximum Gasteiger partial charge on any atom is 0.300 e. The molecule has 2 heterocycles. The number of nitrogens with zero attached hydrogens (tertiary/aromatic N) is 2. The third-order valence-electron chi connectivity index (χ3n) is 5.90. The van der Waals surface area contributed by atoms with Gasteiger partial charge < -0.3 is 5.11 Å². The lowest BCUT2D eigenvalue weighted by Crippen LogP contribution is -2.29. The number of hydrogen-bond donors (Lipinski definition) is 1. The second-order valence-electron chi connectivity index (χ2n) is 7.92. The number of rotatable bonds is 3. The lowest BCUT2D eigenvalue weighted by Gasteiger charge is -2.26. The molecule has 0 bridgehead atoms. The first-order chi connectivity index (χ1) is 16.0. The van der Waals surface area contributed by atoms with Gasteiger partial charge >= 0.3 is 0 Å². The number of anilines is 1. The highest BCUT2D eigenvalue weighted by atomic mass is 19.1. The maximum atomic E-state index is 13.8. The van der Waals surface area contributed by atoms with Crippen LogP contribution in [0.3, 0.4) is 0 Å². The Morgan fingerprint density at radius 3 is 2.55 bits per heavy atom. The number of ketones is 1. The quantitative estimate of drug-likeness (QED) is 0.267. The van der Waals surface area contributed by atoms with Crippen LogP contribution in [-0.4, -0.2) is 21.8 Å². The second-order valence-corrected chi connectivity index (χ2v) is 7.92. The number of Topliss-reactive ketones (excluding diaryl/α,β-unsaturated/α-hetero) is 1. The molecule has 3 aromatic carbocycles. The predicted molar refractivity (Wildman–Crippen MR) is 124 cm³/mol. The van der Waals surface area contributed by atoms with E-state index in [0.717, 1.165) is 10.8 Å². The number of halogens is 1. The fraction of sp³-hybridized carbons (Fsp3) is 0.0741. The summed E-state index contributed by atoms with van der Waals surface area (Å²) in [6.45, 7) is 1.57. The smallest absolute Gasteiger partial charge is 0.300 e. The van der Waals surface area contributed by atoms with Crippen molar-refractivity contribution < 1.29 is 19.1 Å². The normalized spacial score (nSPS) is 17.6. The summed E-state index contributed by atoms with van der Waals surface area (Å²) in [5, 5.41) is 12.9. The van der Waals surface area contributed by atoms with E-state index in [-0.39, 0.29) is 16.9 Å². The topological polar surface area (TPSA) is 70.5 Å². The molecule has 162 valence electrons. The molecular weight excluding hydrogens is 419 g/mol. The number of carbonyl (C=O) groups is 2. The summed E-state index contributed by atoms with van der Waals surface area (Å²) in [4.78, 5) is 32.2. The van der Waals surface area contributed by atoms with Crippen LogP contribution in [0.5, 0.6) is 0 Å². The van der Waals surface area contributed by atoms with Crippen LogP contribution in [0.15, 0.2) is 90.8 Å². The Bertz CT molecular complexity index is 1440. The Morgan fingerprint density at radius 1 is 1.00 bits per heavy atom. The molecular formula is C27H19FN2O3. The van der Waals surface area contributed by atoms with Gasteiger partial charge in [0.15, 0.2) is 0 Å². The number of fused-ring (bicyclic) bond motifs is 1. The summed E-state index contributed by atoms with van der Waals surface area (Å²) in [5.74, 6) is -2.34. The first-order valence-corrected chi connectivity index (χ1v) is 10.4. The average molecular weight is 438 g/mol. The molecule has 1 aliphatic heterocycles. The highest BCUT2D eigenvalue weighted by Gasteiger charge is 2.47. The van der Waals surface area contributed by atoms with E-state index in [1.165, 1.54) is 23.1 Å². The summed E-state index contributed by atoms with van der Waals surface area (Å²) >= 11 is 0. The molecule has 0 aliphatic carbocycles. The minimum absolute atomic E-state index is 0.0630. The molecule has 1 amide bonds. The van der Waals surface area contributed by atoms with Crippen molar-refractivity contribution in [1.82, 2.24) is 4.98 Å². The Kier molecular flexibility index (Phi) is 4.98. The van der Waals surface area contributed by atoms with Crippen LogP contribution in [0.2, 0.25) is 0 Å². The van der Waals surface area contributed by atoms with Gasteiger partial charge in [-0.3, -0.25) is 19.5 Å². The molecule has 6 heteroatoms. The molecule has 0 spiro atoms. The first-order valence-electron chi connectivity index (χ1n) is 10.4. The molecule has 1 aromatic heterocycles. The number of amides is 1. The van der Waals surface area contributed by atoms with Crippen LogP contribution in [0.4, 0.5) is 10.1 Å². The summed E-state index contributed by atoms with van der Waals surface area (Å²) in [6, 6.07) is 19.7. The van der Waals surface area contributed by atoms with Crippen LogP contribution in [-0.2, 0) is 9.59 Å². The van der Waals surface area contributed by atoms with Crippen LogP contribution in [0, 0.1) is 12.7 Å². The van der Waals surface area contributed by atoms with Gasteiger partial charge in [0.2, 0.25) is 0 Å². The van der Waals surface area contributed by atoms with E-state index in [0.29, 0.717) is 16.8 Å². The van der Waals surface area contributed by atoms with E-state index in [2.05, 4.69) is 4.98 Å². The van der Waals surface area contributed by atoms with E-state index < -0.39 is 23.5 Å². The highest BCUT2D eigenvalue weighted by molar-refractivity contribution is 6.52. The standard InChI is InChI=1S/C27H19FN2O3/c1-16-14-18(11-12-21(16)28)25(31)23-24(19-8-5-13-29-15-19)30(27(33)26(23)32)22-10-4-7-17-6-2-3-9-20(17)22/h2-15,24,31H,1H3/b25-23+. The Labute approximate surface area is 189 Å². The van der Waals surface area contributed by atoms with E-state index in [9.17, 15) is 19.1 Å². The lowest BCUT2D eigenvalue weighted by molar-refractivity contribution is -0.132. The maximum absolute atomic E-state index is 13.8. The molecule has 0 radical (unpaired) electrons. The number of aliphatic hydroxyl groups excluding tert-OH is 1. The average Bonchev–Trinajstić information content (AvgIpc) is 3.11. The SMILES string of the molecule is Cc1cc(/C(O)=C2\C(=O)C(=O)N(c3cccc4ccccc34)C2c2cccnc2)ccc1F. The predicted octanol–water partition coefficient (Wildman–Crippen LogP) is 5.31. The lowest BCUT2D eigenvalue weighted by atomic mass is 9.95. The summed E-state index contributed by atoms with van der Waals surface area (Å²) in [7, 11) is 0. The zero-order chi connectivity index (χ0) is 23.1. The number of aromatic nitrogens is 1. The summed E-state index contributed by atoms with van der Waals surface area (Å²) in [5.41, 5.74) is 1.65. The molecule has 5 rings (SSSR count). The molecule has 33 heavy (non-hydrogen) atoms. The van der Waals surface area contributed by atoms with E-state index in [1.54, 1.807) is 37.5 Å². The molecule has 5 nitrogen and oxygen atoms in total. The van der Waals surface area contributed by atoms with E-state index >= 15 is 0 Å². The minimum Gasteiger partial charge on any atom is -0.507 e. The number of pyridine rings is 1. The van der Waals surface area contributed by atoms with Gasteiger partial charge in [0.05, 0.1) is 17.3 Å². The van der Waals surface area contributed by atoms with Gasteiger partial charge in [-0.05, 0) is 53.8 Å². The Morgan fingerprint density at radius 2 is 1.79 bits per heavy atom. The zero-order valence-electron chi connectivity index (χ0n) is 17.7. The molecule has 1 aliphatic rings. The van der Waals surface area contributed by atoms with Gasteiger partial charge in [-0.1, -0.05) is 42.5 Å². The molecule has 1 fully saturated rings. The van der Waals surface area contributed by atoms with Gasteiger partial charge in [-0.2, -0.15) is 0 Å². The number of hydrogen-bond acceptors (Lipinski definition) is 4. The van der Waals surface area contributed by atoms with Crippen LogP contribution in [0.1, 0.15) is 22.7 Å². The van der Waals surface area contributed by atoms with Gasteiger partial charge in [0, 0.05) is 23.3 Å². The molecule has 1 unspecified atom stereocenters. The zero-order valence-corrected chi connectivity index (χ0v) is 17.7. The largest absolute Gasteiger partial charge is 0.507 e. The Hall–Kier alpha value is -4.32. The second kappa shape index (κ2) is 7.98. The fourth-order valence-corrected chi connectivity index (χ4v) is 4.30. The van der Waals surface area contributed by atoms with Crippen molar-refractivity contribution in [3.63, 3.8) is 0 Å². The summed E-state index contributed by atoms with van der Waals surface area (Å²) in [6.07, 6.45) is 3.16. The van der Waals surface area contributed by atoms with Crippen molar-refractivity contribution in [2.24, 2.45) is 0 Å². The molecule has 4 aromatic rings. The number of carbonyl (C=O) groups excluding carboxylic acids is 2. The number of aliphatic hydroxyl groups is 1. The Balaban J connectivity index is 1.78. The molecule has 1 saturated heterocycles. The minimum atomic E-state index is -0.894. The number of benzene rings is 3. The number of aryl methyl sites for hydroxylation is 1. The molecule has 1 N–H and O–H groups in total.